The largest absolute Gasteiger partial charge is 0.392 e. The van der Waals surface area contributed by atoms with Crippen molar-refractivity contribution in [3.63, 3.8) is 0 Å². The Bertz CT molecular complexity index is 91.6. The van der Waals surface area contributed by atoms with Crippen molar-refractivity contribution in [1.29, 1.82) is 0 Å². The Hall–Kier alpha value is 0.400. The van der Waals surface area contributed by atoms with Gasteiger partial charge in [0, 0.05) is 18.5 Å². The van der Waals surface area contributed by atoms with Crippen molar-refractivity contribution in [1.82, 2.24) is 0 Å². The van der Waals surface area contributed by atoms with Gasteiger partial charge in [-0.05, 0) is 18.8 Å². The lowest BCUT2D eigenvalue weighted by atomic mass is 9.95. The fourth-order valence-electron chi connectivity index (χ4n) is 1.23. The first-order valence-electron chi connectivity index (χ1n) is 3.66. The van der Waals surface area contributed by atoms with E-state index >= 15 is 0 Å². The van der Waals surface area contributed by atoms with Gasteiger partial charge < -0.3 is 9.84 Å². The van der Waals surface area contributed by atoms with Crippen LogP contribution < -0.4 is 0 Å². The van der Waals surface area contributed by atoms with Crippen LogP contribution in [-0.2, 0) is 4.74 Å². The highest BCUT2D eigenvalue weighted by Crippen LogP contribution is 2.19. The molecular weight excluding hydrogens is 196 g/mol. The topological polar surface area (TPSA) is 29.5 Å². The van der Waals surface area contributed by atoms with E-state index in [0.29, 0.717) is 11.2 Å². The van der Waals surface area contributed by atoms with Gasteiger partial charge in [-0.1, -0.05) is 15.9 Å². The summed E-state index contributed by atoms with van der Waals surface area (Å²) in [5.41, 5.74) is 0. The average Bonchev–Trinajstić information content (AvgIpc) is 2.05. The number of hydrogen-bond donors (Lipinski definition) is 1. The summed E-state index contributed by atoms with van der Waals surface area (Å²) in [6.07, 6.45) is 1.84. The van der Waals surface area contributed by atoms with Gasteiger partial charge in [0.1, 0.15) is 0 Å². The smallest absolute Gasteiger partial charge is 0.0666 e. The Morgan fingerprint density at radius 1 is 1.50 bits per heavy atom. The van der Waals surface area contributed by atoms with E-state index in [2.05, 4.69) is 15.9 Å². The third-order valence-corrected chi connectivity index (χ3v) is 2.63. The molecule has 1 aliphatic heterocycles. The second-order valence-corrected chi connectivity index (χ2v) is 3.32. The SMILES string of the molecule is O[C@H](CBr)C1CCOCC1. The van der Waals surface area contributed by atoms with Crippen LogP contribution in [-0.4, -0.2) is 29.8 Å². The first-order valence-corrected chi connectivity index (χ1v) is 4.78. The molecule has 1 saturated heterocycles. The van der Waals surface area contributed by atoms with Crippen molar-refractivity contribution in [3.05, 3.63) is 0 Å². The molecule has 1 rings (SSSR count). The van der Waals surface area contributed by atoms with E-state index in [1.807, 2.05) is 0 Å². The van der Waals surface area contributed by atoms with Gasteiger partial charge in [0.15, 0.2) is 0 Å². The summed E-state index contributed by atoms with van der Waals surface area (Å²) in [7, 11) is 0. The zero-order valence-electron chi connectivity index (χ0n) is 5.92. The number of hydrogen-bond acceptors (Lipinski definition) is 2. The quantitative estimate of drug-likeness (QED) is 0.691. The highest BCUT2D eigenvalue weighted by molar-refractivity contribution is 9.09. The van der Waals surface area contributed by atoms with E-state index in [-0.39, 0.29) is 6.10 Å². The number of rotatable bonds is 2. The molecule has 60 valence electrons. The molecule has 1 atom stereocenters. The minimum Gasteiger partial charge on any atom is -0.392 e. The Morgan fingerprint density at radius 3 is 2.60 bits per heavy atom. The average molecular weight is 209 g/mol. The van der Waals surface area contributed by atoms with Crippen LogP contribution in [0.5, 0.6) is 0 Å². The standard InChI is InChI=1S/C7H13BrO2/c8-5-7(9)6-1-3-10-4-2-6/h6-7,9H,1-5H2/t7-/m1/s1. The Morgan fingerprint density at radius 2 is 2.10 bits per heavy atom. The summed E-state index contributed by atoms with van der Waals surface area (Å²) in [5, 5.41) is 10.1. The summed E-state index contributed by atoms with van der Waals surface area (Å²) in [5.74, 6) is 0.452. The van der Waals surface area contributed by atoms with Crippen molar-refractivity contribution < 1.29 is 9.84 Å². The summed E-state index contributed by atoms with van der Waals surface area (Å²) < 4.78 is 5.17. The molecule has 1 heterocycles. The van der Waals surface area contributed by atoms with E-state index in [4.69, 9.17) is 4.74 Å². The first kappa shape index (κ1) is 8.50. The second-order valence-electron chi connectivity index (χ2n) is 2.67. The molecule has 1 N–H and O–H groups in total. The van der Waals surface area contributed by atoms with Gasteiger partial charge in [-0.3, -0.25) is 0 Å². The van der Waals surface area contributed by atoms with E-state index in [1.54, 1.807) is 0 Å². The number of halogens is 1. The first-order chi connectivity index (χ1) is 4.84. The van der Waals surface area contributed by atoms with Gasteiger partial charge in [0.05, 0.1) is 6.10 Å². The molecule has 0 bridgehead atoms. The molecule has 1 fully saturated rings. The number of aliphatic hydroxyl groups excluding tert-OH is 1. The maximum absolute atomic E-state index is 9.38. The van der Waals surface area contributed by atoms with Crippen LogP contribution in [0.2, 0.25) is 0 Å². The van der Waals surface area contributed by atoms with Gasteiger partial charge in [-0.25, -0.2) is 0 Å². The second kappa shape index (κ2) is 4.31. The third-order valence-electron chi connectivity index (χ3n) is 1.97. The molecule has 0 spiro atoms. The lowest BCUT2D eigenvalue weighted by molar-refractivity contribution is 0.0173. The molecule has 0 aliphatic carbocycles. The molecule has 0 aromatic heterocycles. The van der Waals surface area contributed by atoms with Crippen molar-refractivity contribution in [3.8, 4) is 0 Å². The van der Waals surface area contributed by atoms with Crippen molar-refractivity contribution >= 4 is 15.9 Å². The van der Waals surface area contributed by atoms with E-state index < -0.39 is 0 Å². The van der Waals surface area contributed by atoms with Gasteiger partial charge in [-0.15, -0.1) is 0 Å². The molecule has 0 radical (unpaired) electrons. The Labute approximate surface area is 69.7 Å². The van der Waals surface area contributed by atoms with Crippen molar-refractivity contribution in [2.75, 3.05) is 18.5 Å². The Balaban J connectivity index is 2.24. The molecule has 0 unspecified atom stereocenters. The summed E-state index contributed by atoms with van der Waals surface area (Å²) >= 11 is 3.26. The highest BCUT2D eigenvalue weighted by atomic mass is 79.9. The lowest BCUT2D eigenvalue weighted by Crippen LogP contribution is -2.28. The fraction of sp³-hybridized carbons (Fsp3) is 1.00. The monoisotopic (exact) mass is 208 g/mol. The Kier molecular flexibility index (Phi) is 3.66. The predicted octanol–water partition coefficient (Wildman–Crippen LogP) is 1.17. The molecule has 10 heavy (non-hydrogen) atoms. The van der Waals surface area contributed by atoms with E-state index in [9.17, 15) is 5.11 Å². The third kappa shape index (κ3) is 2.22. The molecule has 0 amide bonds. The maximum atomic E-state index is 9.38. The van der Waals surface area contributed by atoms with Crippen LogP contribution >= 0.6 is 15.9 Å². The summed E-state index contributed by atoms with van der Waals surface area (Å²) in [4.78, 5) is 0. The van der Waals surface area contributed by atoms with Crippen molar-refractivity contribution in [2.45, 2.75) is 18.9 Å². The fourth-order valence-corrected chi connectivity index (χ4v) is 1.76. The lowest BCUT2D eigenvalue weighted by Gasteiger charge is -2.25. The van der Waals surface area contributed by atoms with Crippen LogP contribution in [0.15, 0.2) is 0 Å². The molecule has 1 aliphatic rings. The predicted molar refractivity (Wildman–Crippen MR) is 43.3 cm³/mol. The van der Waals surface area contributed by atoms with Crippen LogP contribution in [0, 0.1) is 5.92 Å². The van der Waals surface area contributed by atoms with Crippen LogP contribution in [0.4, 0.5) is 0 Å². The van der Waals surface area contributed by atoms with Gasteiger partial charge in [-0.2, -0.15) is 0 Å². The summed E-state index contributed by atoms with van der Waals surface area (Å²) in [6.45, 7) is 1.63. The highest BCUT2D eigenvalue weighted by Gasteiger charge is 2.20. The minimum atomic E-state index is -0.177. The maximum Gasteiger partial charge on any atom is 0.0666 e. The molecular formula is C7H13BrO2. The zero-order valence-corrected chi connectivity index (χ0v) is 7.51. The van der Waals surface area contributed by atoms with Gasteiger partial charge in [0.25, 0.3) is 0 Å². The normalized spacial score (nSPS) is 24.6. The van der Waals surface area contributed by atoms with Crippen LogP contribution in [0.25, 0.3) is 0 Å². The molecule has 0 aromatic carbocycles. The number of ether oxygens (including phenoxy) is 1. The number of alkyl halides is 1. The van der Waals surface area contributed by atoms with Gasteiger partial charge >= 0.3 is 0 Å². The summed E-state index contributed by atoms with van der Waals surface area (Å²) in [6, 6.07) is 0. The molecule has 0 aromatic rings. The molecule has 2 nitrogen and oxygen atoms in total. The van der Waals surface area contributed by atoms with Crippen molar-refractivity contribution in [2.24, 2.45) is 5.92 Å². The minimum absolute atomic E-state index is 0.177. The zero-order chi connectivity index (χ0) is 7.40. The van der Waals surface area contributed by atoms with Crippen LogP contribution in [0.1, 0.15) is 12.8 Å². The van der Waals surface area contributed by atoms with Gasteiger partial charge in [0.2, 0.25) is 0 Å². The van der Waals surface area contributed by atoms with E-state index in [0.717, 1.165) is 26.1 Å². The van der Waals surface area contributed by atoms with E-state index in [1.165, 1.54) is 0 Å². The molecule has 3 heteroatoms. The van der Waals surface area contributed by atoms with Crippen LogP contribution in [0.3, 0.4) is 0 Å². The number of aliphatic hydroxyl groups is 1. The molecule has 0 saturated carbocycles.